The van der Waals surface area contributed by atoms with Crippen LogP contribution in [0.25, 0.3) is 0 Å². The number of halogens is 1. The van der Waals surface area contributed by atoms with Crippen LogP contribution in [0.1, 0.15) is 71.3 Å². The number of hydrogen-bond acceptors (Lipinski definition) is 4. The average Bonchev–Trinajstić information content (AvgIpc) is 2.71. The first kappa shape index (κ1) is 25.0. The SMILES string of the molecule is CCOC(=O)C(CC1CCCCC1)CN1CCC(C)(c2cccc(O)c2)C(C)C1.Cl. The Morgan fingerprint density at radius 2 is 2.03 bits per heavy atom. The van der Waals surface area contributed by atoms with E-state index in [9.17, 15) is 9.90 Å². The van der Waals surface area contributed by atoms with Crippen LogP contribution >= 0.6 is 12.4 Å². The van der Waals surface area contributed by atoms with Crippen LogP contribution < -0.4 is 0 Å². The molecule has 1 aliphatic carbocycles. The van der Waals surface area contributed by atoms with Crippen molar-refractivity contribution in [3.8, 4) is 5.75 Å². The maximum atomic E-state index is 12.7. The zero-order valence-corrected chi connectivity index (χ0v) is 19.8. The van der Waals surface area contributed by atoms with E-state index in [0.29, 0.717) is 24.2 Å². The molecule has 2 fully saturated rings. The van der Waals surface area contributed by atoms with Crippen molar-refractivity contribution in [2.24, 2.45) is 17.8 Å². The lowest BCUT2D eigenvalue weighted by Gasteiger charge is -2.46. The van der Waals surface area contributed by atoms with Gasteiger partial charge in [0.1, 0.15) is 5.75 Å². The van der Waals surface area contributed by atoms with E-state index in [1.165, 1.54) is 37.7 Å². The fourth-order valence-electron chi connectivity index (χ4n) is 5.41. The molecular weight excluding hydrogens is 398 g/mol. The molecule has 3 unspecified atom stereocenters. The molecule has 30 heavy (non-hydrogen) atoms. The molecule has 1 heterocycles. The number of carbonyl (C=O) groups excluding carboxylic acids is 1. The smallest absolute Gasteiger partial charge is 0.310 e. The van der Waals surface area contributed by atoms with Gasteiger partial charge < -0.3 is 14.7 Å². The Kier molecular flexibility index (Phi) is 9.49. The summed E-state index contributed by atoms with van der Waals surface area (Å²) in [6, 6.07) is 7.73. The molecule has 1 aromatic carbocycles. The van der Waals surface area contributed by atoms with Crippen molar-refractivity contribution in [2.75, 3.05) is 26.2 Å². The number of phenols is 1. The molecule has 0 amide bonds. The minimum atomic E-state index is -0.00737. The van der Waals surface area contributed by atoms with E-state index in [0.717, 1.165) is 32.5 Å². The number of likely N-dealkylation sites (tertiary alicyclic amines) is 1. The zero-order valence-electron chi connectivity index (χ0n) is 18.9. The Balaban J connectivity index is 0.00000320. The van der Waals surface area contributed by atoms with E-state index in [-0.39, 0.29) is 29.7 Å². The second-order valence-corrected chi connectivity index (χ2v) is 9.57. The number of piperidine rings is 1. The van der Waals surface area contributed by atoms with E-state index in [1.807, 2.05) is 19.1 Å². The largest absolute Gasteiger partial charge is 0.508 e. The Hall–Kier alpha value is -1.26. The van der Waals surface area contributed by atoms with Crippen LogP contribution in [0.4, 0.5) is 0 Å². The highest BCUT2D eigenvalue weighted by Gasteiger charge is 2.39. The molecule has 1 aromatic rings. The Bertz CT molecular complexity index is 676. The van der Waals surface area contributed by atoms with Crippen molar-refractivity contribution in [3.63, 3.8) is 0 Å². The van der Waals surface area contributed by atoms with Crippen LogP contribution in [0.5, 0.6) is 5.75 Å². The molecule has 3 rings (SSSR count). The van der Waals surface area contributed by atoms with Gasteiger partial charge in [-0.2, -0.15) is 0 Å². The summed E-state index contributed by atoms with van der Waals surface area (Å²) < 4.78 is 5.44. The second kappa shape index (κ2) is 11.4. The Labute approximate surface area is 188 Å². The first-order valence-corrected chi connectivity index (χ1v) is 11.6. The molecule has 1 N–H and O–H groups in total. The first-order chi connectivity index (χ1) is 13.9. The maximum Gasteiger partial charge on any atom is 0.310 e. The number of hydrogen-bond donors (Lipinski definition) is 1. The van der Waals surface area contributed by atoms with Gasteiger partial charge in [0.25, 0.3) is 0 Å². The summed E-state index contributed by atoms with van der Waals surface area (Å²) >= 11 is 0. The van der Waals surface area contributed by atoms with E-state index in [4.69, 9.17) is 4.74 Å². The molecule has 0 spiro atoms. The standard InChI is InChI=1S/C25H39NO3.ClH/c1-4-29-24(28)21(15-20-9-6-5-7-10-20)18-26-14-13-25(3,19(2)17-26)22-11-8-12-23(27)16-22;/h8,11-12,16,19-21,27H,4-7,9-10,13-15,17-18H2,1-3H3;1H. The van der Waals surface area contributed by atoms with Crippen molar-refractivity contribution in [2.45, 2.75) is 71.1 Å². The highest BCUT2D eigenvalue weighted by molar-refractivity contribution is 5.85. The fourth-order valence-corrected chi connectivity index (χ4v) is 5.41. The van der Waals surface area contributed by atoms with Crippen LogP contribution in [-0.4, -0.2) is 42.2 Å². The van der Waals surface area contributed by atoms with E-state index >= 15 is 0 Å². The Morgan fingerprint density at radius 3 is 2.67 bits per heavy atom. The van der Waals surface area contributed by atoms with E-state index in [1.54, 1.807) is 6.07 Å². The number of esters is 1. The topological polar surface area (TPSA) is 49.8 Å². The summed E-state index contributed by atoms with van der Waals surface area (Å²) in [6.45, 7) is 9.76. The monoisotopic (exact) mass is 437 g/mol. The van der Waals surface area contributed by atoms with E-state index in [2.05, 4.69) is 24.8 Å². The number of benzene rings is 1. The van der Waals surface area contributed by atoms with Crippen molar-refractivity contribution < 1.29 is 14.6 Å². The molecular formula is C25H40ClNO3. The molecule has 170 valence electrons. The molecule has 5 heteroatoms. The summed E-state index contributed by atoms with van der Waals surface area (Å²) in [6.07, 6.45) is 8.51. The predicted molar refractivity (Wildman–Crippen MR) is 124 cm³/mol. The summed E-state index contributed by atoms with van der Waals surface area (Å²) in [4.78, 5) is 15.2. The van der Waals surface area contributed by atoms with Gasteiger partial charge in [-0.1, -0.05) is 58.1 Å². The maximum absolute atomic E-state index is 12.7. The van der Waals surface area contributed by atoms with Crippen LogP contribution in [0, 0.1) is 17.8 Å². The number of rotatable bonds is 7. The van der Waals surface area contributed by atoms with Gasteiger partial charge in [0.15, 0.2) is 0 Å². The third-order valence-electron chi connectivity index (χ3n) is 7.51. The first-order valence-electron chi connectivity index (χ1n) is 11.6. The molecule has 0 aromatic heterocycles. The molecule has 1 aliphatic heterocycles. The van der Waals surface area contributed by atoms with Gasteiger partial charge in [0.05, 0.1) is 12.5 Å². The third-order valence-corrected chi connectivity index (χ3v) is 7.51. The van der Waals surface area contributed by atoms with Crippen LogP contribution in [0.15, 0.2) is 24.3 Å². The number of aromatic hydroxyl groups is 1. The summed E-state index contributed by atoms with van der Waals surface area (Å²) in [5, 5.41) is 9.92. The fraction of sp³-hybridized carbons (Fsp3) is 0.720. The lowest BCUT2D eigenvalue weighted by molar-refractivity contribution is -0.149. The van der Waals surface area contributed by atoms with Crippen LogP contribution in [0.3, 0.4) is 0 Å². The van der Waals surface area contributed by atoms with Crippen LogP contribution in [0.2, 0.25) is 0 Å². The van der Waals surface area contributed by atoms with Crippen molar-refractivity contribution in [1.29, 1.82) is 0 Å². The van der Waals surface area contributed by atoms with Gasteiger partial charge in [0.2, 0.25) is 0 Å². The van der Waals surface area contributed by atoms with Crippen LogP contribution in [-0.2, 0) is 14.9 Å². The summed E-state index contributed by atoms with van der Waals surface area (Å²) in [5.74, 6) is 1.46. The lowest BCUT2D eigenvalue weighted by Crippen LogP contribution is -2.49. The second-order valence-electron chi connectivity index (χ2n) is 9.57. The van der Waals surface area contributed by atoms with Crippen molar-refractivity contribution in [1.82, 2.24) is 4.90 Å². The normalized spacial score (nSPS) is 26.6. The van der Waals surface area contributed by atoms with Gasteiger partial charge in [-0.25, -0.2) is 0 Å². The van der Waals surface area contributed by atoms with Gasteiger partial charge in [-0.3, -0.25) is 4.79 Å². The molecule has 4 nitrogen and oxygen atoms in total. The molecule has 1 saturated carbocycles. The van der Waals surface area contributed by atoms with E-state index < -0.39 is 0 Å². The number of phenolic OH excluding ortho intramolecular Hbond substituents is 1. The summed E-state index contributed by atoms with van der Waals surface area (Å²) in [7, 11) is 0. The number of ether oxygens (including phenoxy) is 1. The summed E-state index contributed by atoms with van der Waals surface area (Å²) in [5.41, 5.74) is 1.27. The van der Waals surface area contributed by atoms with Crippen molar-refractivity contribution >= 4 is 18.4 Å². The molecule has 0 bridgehead atoms. The van der Waals surface area contributed by atoms with Gasteiger partial charge >= 0.3 is 5.97 Å². The minimum absolute atomic E-state index is 0. The molecule has 3 atom stereocenters. The quantitative estimate of drug-likeness (QED) is 0.567. The highest BCUT2D eigenvalue weighted by atomic mass is 35.5. The number of carbonyl (C=O) groups is 1. The Morgan fingerprint density at radius 1 is 1.30 bits per heavy atom. The lowest BCUT2D eigenvalue weighted by atomic mass is 9.68. The number of nitrogens with zero attached hydrogens (tertiary/aromatic N) is 1. The highest BCUT2D eigenvalue weighted by Crippen LogP contribution is 2.40. The molecule has 0 radical (unpaired) electrons. The zero-order chi connectivity index (χ0) is 20.9. The van der Waals surface area contributed by atoms with Gasteiger partial charge in [-0.15, -0.1) is 12.4 Å². The van der Waals surface area contributed by atoms with Crippen molar-refractivity contribution in [3.05, 3.63) is 29.8 Å². The third kappa shape index (κ3) is 6.13. The molecule has 1 saturated heterocycles. The van der Waals surface area contributed by atoms with Gasteiger partial charge in [0, 0.05) is 13.1 Å². The average molecular weight is 438 g/mol. The van der Waals surface area contributed by atoms with Gasteiger partial charge in [-0.05, 0) is 61.3 Å². The predicted octanol–water partition coefficient (Wildman–Crippen LogP) is 5.56. The molecule has 2 aliphatic rings. The minimum Gasteiger partial charge on any atom is -0.508 e.